The molecule has 0 atom stereocenters. The van der Waals surface area contributed by atoms with E-state index in [0.717, 1.165) is 6.07 Å². The van der Waals surface area contributed by atoms with Gasteiger partial charge in [0.25, 0.3) is 5.91 Å². The Bertz CT molecular complexity index is 448. The number of ether oxygens (including phenoxy) is 2. The Kier molecular flexibility index (Phi) is 5.10. The van der Waals surface area contributed by atoms with Gasteiger partial charge < -0.3 is 15.2 Å². The van der Waals surface area contributed by atoms with Gasteiger partial charge in [0.2, 0.25) is 0 Å². The number of halogens is 1. The maximum Gasteiger partial charge on any atom is 0.309 e. The molecule has 1 aromatic rings. The van der Waals surface area contributed by atoms with Crippen LogP contribution in [0.25, 0.3) is 0 Å². The number of amides is 1. The molecule has 0 saturated carbocycles. The number of hydrogen-bond donors (Lipinski definition) is 1. The van der Waals surface area contributed by atoms with Crippen LogP contribution in [0.3, 0.4) is 0 Å². The second kappa shape index (κ2) is 6.58. The first-order valence-electron chi connectivity index (χ1n) is 5.42. The summed E-state index contributed by atoms with van der Waals surface area (Å²) >= 11 is 0. The van der Waals surface area contributed by atoms with Crippen molar-refractivity contribution in [2.75, 3.05) is 13.2 Å². The molecular formula is C12H14FNO4. The normalized spacial score (nSPS) is 9.89. The Hall–Kier alpha value is -2.11. The number of primary amides is 1. The zero-order valence-corrected chi connectivity index (χ0v) is 9.94. The molecule has 0 saturated heterocycles. The number of rotatable bonds is 6. The van der Waals surface area contributed by atoms with Crippen LogP contribution in [0, 0.1) is 5.82 Å². The molecule has 0 aliphatic heterocycles. The fraction of sp³-hybridized carbons (Fsp3) is 0.333. The molecule has 1 amide bonds. The minimum Gasteiger partial charge on any atom is -0.493 e. The molecule has 98 valence electrons. The van der Waals surface area contributed by atoms with Gasteiger partial charge in [0.1, 0.15) is 11.6 Å². The molecule has 0 radical (unpaired) electrons. The molecule has 0 aromatic heterocycles. The third-order valence-corrected chi connectivity index (χ3v) is 2.09. The van der Waals surface area contributed by atoms with Gasteiger partial charge in [-0.3, -0.25) is 9.59 Å². The molecule has 18 heavy (non-hydrogen) atoms. The minimum atomic E-state index is -0.842. The van der Waals surface area contributed by atoms with E-state index in [-0.39, 0.29) is 30.3 Å². The third-order valence-electron chi connectivity index (χ3n) is 2.09. The zero-order valence-electron chi connectivity index (χ0n) is 9.94. The van der Waals surface area contributed by atoms with Crippen molar-refractivity contribution in [3.8, 4) is 5.75 Å². The van der Waals surface area contributed by atoms with Crippen LogP contribution in [0.15, 0.2) is 18.2 Å². The number of carbonyl (C=O) groups is 2. The van der Waals surface area contributed by atoms with E-state index in [1.54, 1.807) is 6.92 Å². The van der Waals surface area contributed by atoms with Crippen LogP contribution in [-0.4, -0.2) is 25.1 Å². The molecule has 0 heterocycles. The fourth-order valence-electron chi connectivity index (χ4n) is 1.27. The Morgan fingerprint density at radius 2 is 2.11 bits per heavy atom. The molecule has 0 aliphatic carbocycles. The Labute approximate surface area is 104 Å². The van der Waals surface area contributed by atoms with E-state index >= 15 is 0 Å². The quantitative estimate of drug-likeness (QED) is 0.776. The first-order valence-corrected chi connectivity index (χ1v) is 5.42. The van der Waals surface area contributed by atoms with Gasteiger partial charge in [0, 0.05) is 6.07 Å². The van der Waals surface area contributed by atoms with Gasteiger partial charge in [-0.05, 0) is 19.1 Å². The molecule has 0 unspecified atom stereocenters. The maximum absolute atomic E-state index is 13.3. The second-order valence-electron chi connectivity index (χ2n) is 3.41. The molecule has 1 aromatic carbocycles. The van der Waals surface area contributed by atoms with Crippen LogP contribution < -0.4 is 10.5 Å². The summed E-state index contributed by atoms with van der Waals surface area (Å²) in [4.78, 5) is 21.8. The summed E-state index contributed by atoms with van der Waals surface area (Å²) in [5.74, 6) is -1.75. The number of esters is 1. The molecule has 0 spiro atoms. The molecule has 6 heteroatoms. The van der Waals surface area contributed by atoms with E-state index in [1.807, 2.05) is 0 Å². The van der Waals surface area contributed by atoms with Crippen molar-refractivity contribution in [3.05, 3.63) is 29.6 Å². The highest BCUT2D eigenvalue weighted by Gasteiger charge is 2.09. The Balaban J connectivity index is 2.51. The van der Waals surface area contributed by atoms with Crippen LogP contribution in [0.2, 0.25) is 0 Å². The summed E-state index contributed by atoms with van der Waals surface area (Å²) in [5, 5.41) is 0. The van der Waals surface area contributed by atoms with Gasteiger partial charge in [0.15, 0.2) is 0 Å². The largest absolute Gasteiger partial charge is 0.493 e. The lowest BCUT2D eigenvalue weighted by atomic mass is 10.2. The first kappa shape index (κ1) is 14.0. The van der Waals surface area contributed by atoms with Gasteiger partial charge in [-0.25, -0.2) is 4.39 Å². The predicted molar refractivity (Wildman–Crippen MR) is 61.7 cm³/mol. The summed E-state index contributed by atoms with van der Waals surface area (Å²) in [6.45, 7) is 2.09. The van der Waals surface area contributed by atoms with Crippen LogP contribution in [0.1, 0.15) is 23.7 Å². The molecule has 1 rings (SSSR count). The fourth-order valence-corrected chi connectivity index (χ4v) is 1.27. The Morgan fingerprint density at radius 1 is 1.39 bits per heavy atom. The SMILES string of the molecule is CCOC(=O)CCOc1ccc(C(N)=O)c(F)c1. The lowest BCUT2D eigenvalue weighted by Crippen LogP contribution is -2.13. The van der Waals surface area contributed by atoms with Gasteiger partial charge in [-0.1, -0.05) is 0 Å². The summed E-state index contributed by atoms with van der Waals surface area (Å²) < 4.78 is 23.2. The highest BCUT2D eigenvalue weighted by atomic mass is 19.1. The highest BCUT2D eigenvalue weighted by molar-refractivity contribution is 5.93. The van der Waals surface area contributed by atoms with Crippen molar-refractivity contribution in [2.45, 2.75) is 13.3 Å². The first-order chi connectivity index (χ1) is 8.54. The van der Waals surface area contributed by atoms with E-state index in [2.05, 4.69) is 0 Å². The highest BCUT2D eigenvalue weighted by Crippen LogP contribution is 2.16. The molecule has 0 bridgehead atoms. The average molecular weight is 255 g/mol. The lowest BCUT2D eigenvalue weighted by Gasteiger charge is -2.07. The van der Waals surface area contributed by atoms with Gasteiger partial charge in [-0.2, -0.15) is 0 Å². The van der Waals surface area contributed by atoms with E-state index in [1.165, 1.54) is 12.1 Å². The molecule has 5 nitrogen and oxygen atoms in total. The maximum atomic E-state index is 13.3. The smallest absolute Gasteiger partial charge is 0.309 e. The van der Waals surface area contributed by atoms with Crippen LogP contribution in [-0.2, 0) is 9.53 Å². The van der Waals surface area contributed by atoms with Crippen molar-refractivity contribution in [1.82, 2.24) is 0 Å². The van der Waals surface area contributed by atoms with Gasteiger partial charge in [0.05, 0.1) is 25.2 Å². The molecule has 0 fully saturated rings. The average Bonchev–Trinajstić information content (AvgIpc) is 2.29. The predicted octanol–water partition coefficient (Wildman–Crippen LogP) is 1.26. The van der Waals surface area contributed by atoms with Crippen molar-refractivity contribution in [1.29, 1.82) is 0 Å². The number of nitrogens with two attached hydrogens (primary N) is 1. The standard InChI is InChI=1S/C12H14FNO4/c1-2-17-11(15)5-6-18-8-3-4-9(12(14)16)10(13)7-8/h3-4,7H,2,5-6H2,1H3,(H2,14,16). The Morgan fingerprint density at radius 3 is 2.67 bits per heavy atom. The number of hydrogen-bond acceptors (Lipinski definition) is 4. The monoisotopic (exact) mass is 255 g/mol. The molecular weight excluding hydrogens is 241 g/mol. The summed E-state index contributed by atoms with van der Waals surface area (Å²) in [7, 11) is 0. The second-order valence-corrected chi connectivity index (χ2v) is 3.41. The minimum absolute atomic E-state index is 0.0764. The van der Waals surface area contributed by atoms with Gasteiger partial charge >= 0.3 is 5.97 Å². The summed E-state index contributed by atoms with van der Waals surface area (Å²) in [6.07, 6.45) is 0.0764. The van der Waals surface area contributed by atoms with E-state index in [0.29, 0.717) is 6.61 Å². The van der Waals surface area contributed by atoms with Crippen LogP contribution in [0.5, 0.6) is 5.75 Å². The summed E-state index contributed by atoms with van der Waals surface area (Å²) in [5.41, 5.74) is 4.76. The van der Waals surface area contributed by atoms with Crippen molar-refractivity contribution in [3.63, 3.8) is 0 Å². The van der Waals surface area contributed by atoms with E-state index < -0.39 is 11.7 Å². The topological polar surface area (TPSA) is 78.6 Å². The van der Waals surface area contributed by atoms with Crippen molar-refractivity contribution < 1.29 is 23.5 Å². The molecule has 2 N–H and O–H groups in total. The van der Waals surface area contributed by atoms with Crippen molar-refractivity contribution in [2.24, 2.45) is 5.73 Å². The van der Waals surface area contributed by atoms with E-state index in [4.69, 9.17) is 15.2 Å². The van der Waals surface area contributed by atoms with Crippen LogP contribution in [0.4, 0.5) is 4.39 Å². The third kappa shape index (κ3) is 4.04. The lowest BCUT2D eigenvalue weighted by molar-refractivity contribution is -0.143. The number of benzene rings is 1. The van der Waals surface area contributed by atoms with E-state index in [9.17, 15) is 14.0 Å². The van der Waals surface area contributed by atoms with Crippen molar-refractivity contribution >= 4 is 11.9 Å². The zero-order chi connectivity index (χ0) is 13.5. The van der Waals surface area contributed by atoms with Crippen LogP contribution >= 0.6 is 0 Å². The van der Waals surface area contributed by atoms with Gasteiger partial charge in [-0.15, -0.1) is 0 Å². The molecule has 0 aliphatic rings. The summed E-state index contributed by atoms with van der Waals surface area (Å²) in [6, 6.07) is 3.69. The number of carbonyl (C=O) groups excluding carboxylic acids is 2.